The van der Waals surface area contributed by atoms with Gasteiger partial charge in [-0.2, -0.15) is 0 Å². The zero-order valence-corrected chi connectivity index (χ0v) is 9.13. The second kappa shape index (κ2) is 3.94. The summed E-state index contributed by atoms with van der Waals surface area (Å²) in [6.07, 6.45) is 2.52. The Morgan fingerprint density at radius 3 is 2.83 bits per heavy atom. The molecular formula is C10H11IO. The summed E-state index contributed by atoms with van der Waals surface area (Å²) < 4.78 is 1.10. The molecule has 0 unspecified atom stereocenters. The van der Waals surface area contributed by atoms with E-state index in [0.29, 0.717) is 5.75 Å². The fourth-order valence-corrected chi connectivity index (χ4v) is 1.49. The normalized spacial score (nSPS) is 9.83. The Labute approximate surface area is 86.3 Å². The van der Waals surface area contributed by atoms with Gasteiger partial charge in [0.15, 0.2) is 0 Å². The van der Waals surface area contributed by atoms with Crippen molar-refractivity contribution < 1.29 is 5.11 Å². The second-order valence-corrected chi connectivity index (χ2v) is 3.84. The van der Waals surface area contributed by atoms with Crippen molar-refractivity contribution >= 4 is 22.6 Å². The summed E-state index contributed by atoms with van der Waals surface area (Å²) in [5, 5.41) is 9.66. The molecule has 0 atom stereocenters. The molecule has 1 aromatic rings. The molecule has 0 aliphatic rings. The first kappa shape index (κ1) is 9.58. The maximum atomic E-state index is 9.66. The molecule has 1 nitrogen and oxygen atoms in total. The van der Waals surface area contributed by atoms with Crippen LogP contribution >= 0.6 is 22.6 Å². The van der Waals surface area contributed by atoms with Gasteiger partial charge >= 0.3 is 0 Å². The lowest BCUT2D eigenvalue weighted by Crippen LogP contribution is -1.88. The molecular weight excluding hydrogens is 263 g/mol. The molecule has 0 spiro atoms. The smallest absolute Gasteiger partial charge is 0.123 e. The van der Waals surface area contributed by atoms with Gasteiger partial charge in [-0.15, -0.1) is 6.58 Å². The highest BCUT2D eigenvalue weighted by Crippen LogP contribution is 2.26. The Hall–Kier alpha value is -0.510. The van der Waals surface area contributed by atoms with E-state index < -0.39 is 0 Å². The van der Waals surface area contributed by atoms with E-state index in [9.17, 15) is 5.11 Å². The van der Waals surface area contributed by atoms with Crippen LogP contribution in [0, 0.1) is 10.5 Å². The SMILES string of the molecule is C=CCc1ccc(I)c(C)c1O. The minimum Gasteiger partial charge on any atom is -0.507 e. The third-order valence-electron chi connectivity index (χ3n) is 1.81. The van der Waals surface area contributed by atoms with Gasteiger partial charge in [-0.1, -0.05) is 12.1 Å². The molecule has 2 heteroatoms. The van der Waals surface area contributed by atoms with Crippen molar-refractivity contribution in [2.45, 2.75) is 13.3 Å². The highest BCUT2D eigenvalue weighted by atomic mass is 127. The summed E-state index contributed by atoms with van der Waals surface area (Å²) in [7, 11) is 0. The third-order valence-corrected chi connectivity index (χ3v) is 2.98. The summed E-state index contributed by atoms with van der Waals surface area (Å²) in [5.74, 6) is 0.404. The predicted molar refractivity (Wildman–Crippen MR) is 59.5 cm³/mol. The first-order valence-electron chi connectivity index (χ1n) is 3.74. The number of phenols is 1. The molecule has 0 amide bonds. The van der Waals surface area contributed by atoms with Crippen LogP contribution in [0.2, 0.25) is 0 Å². The fraction of sp³-hybridized carbons (Fsp3) is 0.200. The quantitative estimate of drug-likeness (QED) is 0.649. The van der Waals surface area contributed by atoms with Crippen LogP contribution in [0.15, 0.2) is 24.8 Å². The highest BCUT2D eigenvalue weighted by Gasteiger charge is 2.04. The van der Waals surface area contributed by atoms with Crippen LogP contribution in [-0.4, -0.2) is 5.11 Å². The van der Waals surface area contributed by atoms with E-state index in [-0.39, 0.29) is 0 Å². The van der Waals surface area contributed by atoms with Crippen molar-refractivity contribution in [1.82, 2.24) is 0 Å². The van der Waals surface area contributed by atoms with Crippen LogP contribution in [0.5, 0.6) is 5.75 Å². The lowest BCUT2D eigenvalue weighted by molar-refractivity contribution is 0.465. The molecule has 64 valence electrons. The number of allylic oxidation sites excluding steroid dienone is 1. The first-order chi connectivity index (χ1) is 5.66. The summed E-state index contributed by atoms with van der Waals surface area (Å²) in [4.78, 5) is 0. The number of benzene rings is 1. The van der Waals surface area contributed by atoms with Crippen LogP contribution < -0.4 is 0 Å². The molecule has 0 saturated heterocycles. The van der Waals surface area contributed by atoms with E-state index in [0.717, 1.165) is 21.1 Å². The average molecular weight is 274 g/mol. The van der Waals surface area contributed by atoms with Gasteiger partial charge in [0.05, 0.1) is 0 Å². The Morgan fingerprint density at radius 2 is 2.25 bits per heavy atom. The molecule has 0 bridgehead atoms. The topological polar surface area (TPSA) is 20.2 Å². The standard InChI is InChI=1S/C10H11IO/c1-3-4-8-5-6-9(11)7(2)10(8)12/h3,5-6,12H,1,4H2,2H3. The van der Waals surface area contributed by atoms with Crippen molar-refractivity contribution in [3.8, 4) is 5.75 Å². The zero-order chi connectivity index (χ0) is 9.14. The molecule has 0 aliphatic heterocycles. The number of halogens is 1. The first-order valence-corrected chi connectivity index (χ1v) is 4.82. The molecule has 0 heterocycles. The van der Waals surface area contributed by atoms with Gasteiger partial charge in [0, 0.05) is 9.13 Å². The Kier molecular flexibility index (Phi) is 3.14. The maximum absolute atomic E-state index is 9.66. The van der Waals surface area contributed by atoms with Crippen molar-refractivity contribution in [3.63, 3.8) is 0 Å². The van der Waals surface area contributed by atoms with E-state index in [1.165, 1.54) is 0 Å². The Balaban J connectivity index is 3.16. The summed E-state index contributed by atoms with van der Waals surface area (Å²) in [6.45, 7) is 5.56. The Bertz CT molecular complexity index is 305. The van der Waals surface area contributed by atoms with E-state index in [2.05, 4.69) is 29.2 Å². The van der Waals surface area contributed by atoms with E-state index in [4.69, 9.17) is 0 Å². The predicted octanol–water partition coefficient (Wildman–Crippen LogP) is 3.03. The zero-order valence-electron chi connectivity index (χ0n) is 6.97. The van der Waals surface area contributed by atoms with Crippen LogP contribution in [-0.2, 0) is 6.42 Å². The van der Waals surface area contributed by atoms with Gasteiger partial charge in [-0.3, -0.25) is 0 Å². The van der Waals surface area contributed by atoms with Gasteiger partial charge in [-0.05, 0) is 47.6 Å². The molecule has 0 aromatic heterocycles. The number of aromatic hydroxyl groups is 1. The summed E-state index contributed by atoms with van der Waals surface area (Å²) >= 11 is 2.21. The second-order valence-electron chi connectivity index (χ2n) is 2.67. The summed E-state index contributed by atoms with van der Waals surface area (Å²) in [6, 6.07) is 3.94. The molecule has 0 saturated carbocycles. The van der Waals surface area contributed by atoms with Crippen LogP contribution in [0.3, 0.4) is 0 Å². The maximum Gasteiger partial charge on any atom is 0.123 e. The minimum absolute atomic E-state index is 0.404. The number of rotatable bonds is 2. The third kappa shape index (κ3) is 1.80. The van der Waals surface area contributed by atoms with Gasteiger partial charge in [0.25, 0.3) is 0 Å². The molecule has 12 heavy (non-hydrogen) atoms. The van der Waals surface area contributed by atoms with Gasteiger partial charge in [0.1, 0.15) is 5.75 Å². The molecule has 0 fully saturated rings. The minimum atomic E-state index is 0.404. The van der Waals surface area contributed by atoms with Crippen molar-refractivity contribution in [1.29, 1.82) is 0 Å². The molecule has 0 radical (unpaired) electrons. The van der Waals surface area contributed by atoms with Gasteiger partial charge < -0.3 is 5.11 Å². The number of phenolic OH excluding ortho intramolecular Hbond substituents is 1. The lowest BCUT2D eigenvalue weighted by Gasteiger charge is -2.06. The molecule has 1 N–H and O–H groups in total. The number of hydrogen-bond donors (Lipinski definition) is 1. The van der Waals surface area contributed by atoms with Gasteiger partial charge in [0.2, 0.25) is 0 Å². The van der Waals surface area contributed by atoms with Crippen molar-refractivity contribution in [2.75, 3.05) is 0 Å². The number of hydrogen-bond acceptors (Lipinski definition) is 1. The van der Waals surface area contributed by atoms with Crippen LogP contribution in [0.25, 0.3) is 0 Å². The van der Waals surface area contributed by atoms with Crippen molar-refractivity contribution in [3.05, 3.63) is 39.5 Å². The summed E-state index contributed by atoms with van der Waals surface area (Å²) in [5.41, 5.74) is 1.90. The highest BCUT2D eigenvalue weighted by molar-refractivity contribution is 14.1. The van der Waals surface area contributed by atoms with Gasteiger partial charge in [-0.25, -0.2) is 0 Å². The van der Waals surface area contributed by atoms with E-state index in [1.807, 2.05) is 19.1 Å². The molecule has 0 aliphatic carbocycles. The van der Waals surface area contributed by atoms with Crippen molar-refractivity contribution in [2.24, 2.45) is 0 Å². The largest absolute Gasteiger partial charge is 0.507 e. The fourth-order valence-electron chi connectivity index (χ4n) is 1.05. The van der Waals surface area contributed by atoms with Crippen LogP contribution in [0.4, 0.5) is 0 Å². The van der Waals surface area contributed by atoms with E-state index in [1.54, 1.807) is 6.08 Å². The Morgan fingerprint density at radius 1 is 1.58 bits per heavy atom. The van der Waals surface area contributed by atoms with Crippen LogP contribution in [0.1, 0.15) is 11.1 Å². The van der Waals surface area contributed by atoms with E-state index >= 15 is 0 Å². The monoisotopic (exact) mass is 274 g/mol. The average Bonchev–Trinajstić information content (AvgIpc) is 2.07. The lowest BCUT2D eigenvalue weighted by atomic mass is 10.1. The molecule has 1 rings (SSSR count). The molecule has 1 aromatic carbocycles.